The molecule has 0 aliphatic carbocycles. The Hall–Kier alpha value is -5.50. The van der Waals surface area contributed by atoms with Gasteiger partial charge in [0.05, 0.1) is 34.1 Å². The first kappa shape index (κ1) is 29.6. The van der Waals surface area contributed by atoms with Crippen molar-refractivity contribution in [1.29, 1.82) is 0 Å². The molecule has 0 bridgehead atoms. The van der Waals surface area contributed by atoms with E-state index in [0.717, 1.165) is 50.3 Å². The minimum Gasteiger partial charge on any atom is -0.497 e. The number of fused-ring (bicyclic) bond motifs is 1. The third-order valence-corrected chi connectivity index (χ3v) is 7.94. The number of aromatic nitrogens is 3. The van der Waals surface area contributed by atoms with E-state index >= 15 is 0 Å². The van der Waals surface area contributed by atoms with E-state index in [-0.39, 0.29) is 5.56 Å². The van der Waals surface area contributed by atoms with Crippen LogP contribution in [-0.2, 0) is 26.6 Å². The van der Waals surface area contributed by atoms with Gasteiger partial charge in [-0.05, 0) is 58.7 Å². The number of nitrogens with zero attached hydrogens (tertiary/aromatic N) is 3. The van der Waals surface area contributed by atoms with E-state index < -0.39 is 0 Å². The lowest BCUT2D eigenvalue weighted by atomic mass is 9.97. The quantitative estimate of drug-likeness (QED) is 0.166. The molecule has 0 saturated heterocycles. The van der Waals surface area contributed by atoms with Crippen molar-refractivity contribution in [1.82, 2.24) is 14.3 Å². The number of methoxy groups -OCH3 is 3. The lowest BCUT2D eigenvalue weighted by molar-refractivity contribution is 0.306. The first-order valence-electron chi connectivity index (χ1n) is 14.7. The topological polar surface area (TPSA) is 76.7 Å². The fraction of sp³-hybridized carbons (Fsp3) is 0.189. The van der Waals surface area contributed by atoms with Crippen LogP contribution >= 0.6 is 0 Å². The molecule has 6 aromatic rings. The van der Waals surface area contributed by atoms with E-state index in [1.165, 1.54) is 0 Å². The van der Waals surface area contributed by atoms with Gasteiger partial charge < -0.3 is 23.5 Å². The molecule has 0 saturated carbocycles. The molecule has 0 aliphatic heterocycles. The van der Waals surface area contributed by atoms with Crippen LogP contribution in [0.1, 0.15) is 22.3 Å². The van der Waals surface area contributed by atoms with Gasteiger partial charge in [-0.1, -0.05) is 54.6 Å². The van der Waals surface area contributed by atoms with Crippen LogP contribution in [0.2, 0.25) is 0 Å². The maximum atomic E-state index is 13.3. The fourth-order valence-corrected chi connectivity index (χ4v) is 5.51. The van der Waals surface area contributed by atoms with Crippen LogP contribution in [0, 0.1) is 0 Å². The lowest BCUT2D eigenvalue weighted by Gasteiger charge is -2.17. The average molecular weight is 602 g/mol. The molecule has 228 valence electrons. The van der Waals surface area contributed by atoms with Crippen LogP contribution in [-0.4, -0.2) is 35.7 Å². The summed E-state index contributed by atoms with van der Waals surface area (Å²) in [7, 11) is 6.71. The number of hydrogen-bond donors (Lipinski definition) is 0. The third kappa shape index (κ3) is 6.26. The van der Waals surface area contributed by atoms with E-state index in [1.807, 2.05) is 85.1 Å². The molecular weight excluding hydrogens is 566 g/mol. The molecule has 0 fully saturated rings. The summed E-state index contributed by atoms with van der Waals surface area (Å²) in [6.07, 6.45) is 4.20. The zero-order valence-corrected chi connectivity index (χ0v) is 25.8. The van der Waals surface area contributed by atoms with E-state index in [2.05, 4.69) is 17.2 Å². The molecule has 4 aromatic carbocycles. The molecule has 0 aliphatic rings. The molecule has 8 nitrogen and oxygen atoms in total. The molecule has 0 radical (unpaired) electrons. The van der Waals surface area contributed by atoms with Gasteiger partial charge in [-0.3, -0.25) is 9.48 Å². The Kier molecular flexibility index (Phi) is 8.55. The predicted octanol–water partition coefficient (Wildman–Crippen LogP) is 6.65. The molecule has 0 N–H and O–H groups in total. The molecule has 2 aromatic heterocycles. The summed E-state index contributed by atoms with van der Waals surface area (Å²) in [5.74, 6) is 2.98. The molecule has 0 unspecified atom stereocenters. The van der Waals surface area contributed by atoms with E-state index in [0.29, 0.717) is 36.6 Å². The van der Waals surface area contributed by atoms with Crippen molar-refractivity contribution in [3.63, 3.8) is 0 Å². The SMILES string of the molecule is COc1ccc(Cn2ncc3c(-c4cc(OC)c(Cc5ccc(OCc6ccccc6)cc5)c(OC)c4)cn(C)c(=O)c32)cc1. The number of hydrogen-bond acceptors (Lipinski definition) is 6. The summed E-state index contributed by atoms with van der Waals surface area (Å²) in [6, 6.07) is 29.9. The van der Waals surface area contributed by atoms with Crippen LogP contribution < -0.4 is 24.5 Å². The molecule has 8 heteroatoms. The standard InChI is InChI=1S/C37H35N3O5/c1-39-23-33(32-21-38-40(36(32)37(39)41)22-26-12-14-29(42-2)15-13-26)28-19-34(43-3)31(35(20-28)44-4)18-25-10-16-30(17-11-25)45-24-27-8-6-5-7-9-27/h5-17,19-21,23H,18,22,24H2,1-4H3. The Labute approximate surface area is 262 Å². The van der Waals surface area contributed by atoms with Crippen molar-refractivity contribution in [2.45, 2.75) is 19.6 Å². The van der Waals surface area contributed by atoms with Crippen molar-refractivity contribution < 1.29 is 18.9 Å². The first-order chi connectivity index (χ1) is 22.0. The molecule has 0 atom stereocenters. The van der Waals surface area contributed by atoms with E-state index in [4.69, 9.17) is 18.9 Å². The number of aryl methyl sites for hydroxylation is 1. The van der Waals surface area contributed by atoms with Gasteiger partial charge in [0.25, 0.3) is 5.56 Å². The van der Waals surface area contributed by atoms with Crippen LogP contribution in [0.3, 0.4) is 0 Å². The Morgan fingerprint density at radius 1 is 0.733 bits per heavy atom. The highest BCUT2D eigenvalue weighted by molar-refractivity contribution is 5.94. The molecular formula is C37H35N3O5. The van der Waals surface area contributed by atoms with Crippen molar-refractivity contribution in [2.24, 2.45) is 7.05 Å². The summed E-state index contributed by atoms with van der Waals surface area (Å²) in [5, 5.41) is 5.38. The second-order valence-corrected chi connectivity index (χ2v) is 10.8. The Balaban J connectivity index is 1.30. The number of pyridine rings is 1. The van der Waals surface area contributed by atoms with Crippen molar-refractivity contribution in [3.05, 3.63) is 136 Å². The third-order valence-electron chi connectivity index (χ3n) is 7.94. The van der Waals surface area contributed by atoms with Crippen LogP contribution in [0.4, 0.5) is 0 Å². The summed E-state index contributed by atoms with van der Waals surface area (Å²) in [4.78, 5) is 13.3. The Bertz CT molecular complexity index is 1950. The fourth-order valence-electron chi connectivity index (χ4n) is 5.51. The molecule has 0 amide bonds. The van der Waals surface area contributed by atoms with Gasteiger partial charge in [-0.25, -0.2) is 0 Å². The minimum absolute atomic E-state index is 0.119. The van der Waals surface area contributed by atoms with Crippen molar-refractivity contribution in [2.75, 3.05) is 21.3 Å². The van der Waals surface area contributed by atoms with Crippen LogP contribution in [0.25, 0.3) is 22.0 Å². The summed E-state index contributed by atoms with van der Waals surface area (Å²) in [5.41, 5.74) is 6.29. The molecule has 2 heterocycles. The monoisotopic (exact) mass is 601 g/mol. The maximum Gasteiger partial charge on any atom is 0.276 e. The Morgan fingerprint density at radius 2 is 1.38 bits per heavy atom. The lowest BCUT2D eigenvalue weighted by Crippen LogP contribution is -2.20. The highest BCUT2D eigenvalue weighted by Gasteiger charge is 2.19. The van der Waals surface area contributed by atoms with Gasteiger partial charge in [-0.2, -0.15) is 5.10 Å². The first-order valence-corrected chi connectivity index (χ1v) is 14.7. The van der Waals surface area contributed by atoms with Gasteiger partial charge in [0.1, 0.15) is 35.1 Å². The van der Waals surface area contributed by atoms with Gasteiger partial charge in [0, 0.05) is 36.2 Å². The summed E-state index contributed by atoms with van der Waals surface area (Å²) >= 11 is 0. The van der Waals surface area contributed by atoms with E-state index in [1.54, 1.807) is 43.8 Å². The highest BCUT2D eigenvalue weighted by Crippen LogP contribution is 2.38. The highest BCUT2D eigenvalue weighted by atomic mass is 16.5. The number of benzene rings is 4. The zero-order valence-electron chi connectivity index (χ0n) is 25.8. The van der Waals surface area contributed by atoms with Gasteiger partial charge in [-0.15, -0.1) is 0 Å². The Morgan fingerprint density at radius 3 is 2.02 bits per heavy atom. The number of rotatable bonds is 11. The predicted molar refractivity (Wildman–Crippen MR) is 176 cm³/mol. The van der Waals surface area contributed by atoms with E-state index in [9.17, 15) is 4.79 Å². The molecule has 0 spiro atoms. The zero-order chi connectivity index (χ0) is 31.3. The van der Waals surface area contributed by atoms with Crippen molar-refractivity contribution in [3.8, 4) is 34.1 Å². The summed E-state index contributed by atoms with van der Waals surface area (Å²) in [6.45, 7) is 0.968. The van der Waals surface area contributed by atoms with Crippen LogP contribution in [0.15, 0.2) is 108 Å². The smallest absolute Gasteiger partial charge is 0.276 e. The summed E-state index contributed by atoms with van der Waals surface area (Å²) < 4.78 is 26.4. The van der Waals surface area contributed by atoms with Gasteiger partial charge in [0.15, 0.2) is 0 Å². The van der Waals surface area contributed by atoms with Gasteiger partial charge in [0.2, 0.25) is 0 Å². The second-order valence-electron chi connectivity index (χ2n) is 10.8. The second kappa shape index (κ2) is 13.0. The van der Waals surface area contributed by atoms with Gasteiger partial charge >= 0.3 is 0 Å². The minimum atomic E-state index is -0.119. The normalized spacial score (nSPS) is 11.0. The number of ether oxygens (including phenoxy) is 4. The molecule has 45 heavy (non-hydrogen) atoms. The largest absolute Gasteiger partial charge is 0.497 e. The van der Waals surface area contributed by atoms with Crippen LogP contribution in [0.5, 0.6) is 23.0 Å². The average Bonchev–Trinajstić information content (AvgIpc) is 3.50. The maximum absolute atomic E-state index is 13.3. The molecule has 6 rings (SSSR count). The van der Waals surface area contributed by atoms with Crippen molar-refractivity contribution >= 4 is 10.9 Å².